The number of nitrogens with two attached hydrogens (primary N) is 2. The minimum Gasteiger partial charge on any atom is -0.759 e. The molecule has 0 rings (SSSR count). The summed E-state index contributed by atoms with van der Waals surface area (Å²) in [5.74, 6) is 0. The van der Waals surface area contributed by atoms with Crippen molar-refractivity contribution in [3.05, 3.63) is 12.3 Å². The molecule has 66 valence electrons. The SMILES string of the molecule is O=S(=O)([O-])[O-].[Cu+2].[Cu+2].[NH2-].[NH2-]. The van der Waals surface area contributed by atoms with Gasteiger partial charge in [-0.25, -0.2) is 0 Å². The molecule has 0 aliphatic rings. The third-order valence-electron chi connectivity index (χ3n) is 0. The number of hydrogen-bond donors (Lipinski definition) is 0. The molecule has 0 amide bonds. The van der Waals surface area contributed by atoms with Crippen LogP contribution in [0.15, 0.2) is 0 Å². The Morgan fingerprint density at radius 3 is 0.889 bits per heavy atom. The smallest absolute Gasteiger partial charge is 0.759 e. The number of hydrogen-bond acceptors (Lipinski definition) is 4. The summed E-state index contributed by atoms with van der Waals surface area (Å²) in [6, 6.07) is 0. The van der Waals surface area contributed by atoms with Gasteiger partial charge in [-0.1, -0.05) is 0 Å². The largest absolute Gasteiger partial charge is 2.00 e. The van der Waals surface area contributed by atoms with Crippen LogP contribution in [0.1, 0.15) is 0 Å². The van der Waals surface area contributed by atoms with Crippen LogP contribution in [0.3, 0.4) is 0 Å². The van der Waals surface area contributed by atoms with Crippen molar-refractivity contribution in [2.24, 2.45) is 0 Å². The van der Waals surface area contributed by atoms with Gasteiger partial charge in [-0.2, -0.15) is 0 Å². The fraction of sp³-hybridized carbons (Fsp3) is 0. The fourth-order valence-electron chi connectivity index (χ4n) is 0. The fourth-order valence-corrected chi connectivity index (χ4v) is 0. The van der Waals surface area contributed by atoms with Crippen molar-refractivity contribution in [1.82, 2.24) is 0 Å². The third kappa shape index (κ3) is 599. The molecule has 0 spiro atoms. The third-order valence-corrected chi connectivity index (χ3v) is 0. The second-order valence-electron chi connectivity index (χ2n) is 0.408. The first-order valence-corrected chi connectivity index (χ1v) is 2.00. The van der Waals surface area contributed by atoms with Crippen molar-refractivity contribution in [3.63, 3.8) is 0 Å². The van der Waals surface area contributed by atoms with Crippen molar-refractivity contribution >= 4 is 10.4 Å². The zero-order chi connectivity index (χ0) is 4.50. The first-order chi connectivity index (χ1) is 2.00. The molecule has 9 heteroatoms. The van der Waals surface area contributed by atoms with Crippen LogP contribution >= 0.6 is 0 Å². The molecule has 0 saturated carbocycles. The predicted octanol–water partition coefficient (Wildman–Crippen LogP) is 0.0912. The van der Waals surface area contributed by atoms with E-state index in [0.717, 1.165) is 0 Å². The summed E-state index contributed by atoms with van der Waals surface area (Å²) in [6.07, 6.45) is 0. The Labute approximate surface area is 74.5 Å². The van der Waals surface area contributed by atoms with Crippen LogP contribution in [0.4, 0.5) is 0 Å². The second-order valence-corrected chi connectivity index (χ2v) is 1.22. The summed E-state index contributed by atoms with van der Waals surface area (Å²) >= 11 is 0. The van der Waals surface area contributed by atoms with E-state index in [9.17, 15) is 0 Å². The van der Waals surface area contributed by atoms with E-state index in [1.54, 1.807) is 0 Å². The van der Waals surface area contributed by atoms with Gasteiger partial charge in [0.25, 0.3) is 0 Å². The van der Waals surface area contributed by atoms with E-state index in [4.69, 9.17) is 17.5 Å². The van der Waals surface area contributed by atoms with Crippen LogP contribution in [-0.4, -0.2) is 17.5 Å². The van der Waals surface area contributed by atoms with Crippen molar-refractivity contribution in [3.8, 4) is 0 Å². The molecule has 0 aromatic rings. The summed E-state index contributed by atoms with van der Waals surface area (Å²) in [5, 5.41) is 0. The molecule has 0 aliphatic heterocycles. The van der Waals surface area contributed by atoms with Crippen molar-refractivity contribution in [2.45, 2.75) is 0 Å². The molecule has 0 aromatic carbocycles. The molecule has 0 aromatic heterocycles. The van der Waals surface area contributed by atoms with Crippen LogP contribution in [0.2, 0.25) is 0 Å². The first-order valence-electron chi connectivity index (χ1n) is 0.667. The molecule has 0 aliphatic carbocycles. The van der Waals surface area contributed by atoms with Crippen LogP contribution in [0.5, 0.6) is 0 Å². The normalized spacial score (nSPS) is 6.44. The van der Waals surface area contributed by atoms with E-state index in [1.807, 2.05) is 0 Å². The molecule has 0 bridgehead atoms. The van der Waals surface area contributed by atoms with E-state index in [1.165, 1.54) is 0 Å². The number of rotatable bonds is 0. The van der Waals surface area contributed by atoms with E-state index in [0.29, 0.717) is 0 Å². The molecule has 0 fully saturated rings. The van der Waals surface area contributed by atoms with Crippen LogP contribution in [0, 0.1) is 0 Å². The minimum atomic E-state index is -5.17. The molecule has 9 heavy (non-hydrogen) atoms. The average molecular weight is 255 g/mol. The summed E-state index contributed by atoms with van der Waals surface area (Å²) in [7, 11) is -5.17. The first kappa shape index (κ1) is 32.9. The van der Waals surface area contributed by atoms with Gasteiger partial charge in [0.05, 0.1) is 0 Å². The Morgan fingerprint density at radius 2 is 0.889 bits per heavy atom. The van der Waals surface area contributed by atoms with E-state index in [-0.39, 0.29) is 46.4 Å². The zero-order valence-corrected chi connectivity index (χ0v) is 6.50. The maximum Gasteiger partial charge on any atom is 2.00 e. The van der Waals surface area contributed by atoms with Crippen LogP contribution in [0.25, 0.3) is 12.3 Å². The topological polar surface area (TPSA) is 147 Å². The summed E-state index contributed by atoms with van der Waals surface area (Å²) in [6.45, 7) is 0. The van der Waals surface area contributed by atoms with Gasteiger partial charge in [-0.05, 0) is 0 Å². The summed E-state index contributed by atoms with van der Waals surface area (Å²) in [4.78, 5) is 0. The van der Waals surface area contributed by atoms with Gasteiger partial charge in [0.1, 0.15) is 0 Å². The van der Waals surface area contributed by atoms with Gasteiger partial charge in [0, 0.05) is 10.4 Å². The molecule has 4 N–H and O–H groups in total. The second kappa shape index (κ2) is 11.6. The molecule has 0 atom stereocenters. The van der Waals surface area contributed by atoms with Crippen molar-refractivity contribution < 1.29 is 51.7 Å². The van der Waals surface area contributed by atoms with Crippen LogP contribution < -0.4 is 0 Å². The molecular formula is H4Cu2N2O4S. The van der Waals surface area contributed by atoms with Gasteiger partial charge in [-0.3, -0.25) is 8.42 Å². The van der Waals surface area contributed by atoms with E-state index < -0.39 is 10.4 Å². The summed E-state index contributed by atoms with van der Waals surface area (Å²) in [5.41, 5.74) is 0. The zero-order valence-electron chi connectivity index (χ0n) is 3.80. The van der Waals surface area contributed by atoms with Gasteiger partial charge in [0.15, 0.2) is 0 Å². The quantitative estimate of drug-likeness (QED) is 0.342. The van der Waals surface area contributed by atoms with Gasteiger partial charge < -0.3 is 21.4 Å². The average Bonchev–Trinajstić information content (AvgIpc) is 0.722. The Balaban J connectivity index is -0.0000000133. The molecule has 0 saturated heterocycles. The summed E-state index contributed by atoms with van der Waals surface area (Å²) < 4.78 is 34.1. The van der Waals surface area contributed by atoms with Gasteiger partial charge in [0.2, 0.25) is 0 Å². The maximum absolute atomic E-state index is 8.52. The molecule has 0 unspecified atom stereocenters. The van der Waals surface area contributed by atoms with Crippen molar-refractivity contribution in [1.29, 1.82) is 0 Å². The van der Waals surface area contributed by atoms with E-state index in [2.05, 4.69) is 0 Å². The van der Waals surface area contributed by atoms with E-state index >= 15 is 0 Å². The Kier molecular flexibility index (Phi) is 42.4. The Bertz CT molecular complexity index is 99.7. The van der Waals surface area contributed by atoms with Crippen LogP contribution in [-0.2, 0) is 44.5 Å². The molecular weight excluding hydrogens is 251 g/mol. The molecule has 0 heterocycles. The predicted molar refractivity (Wildman–Crippen MR) is 21.0 cm³/mol. The van der Waals surface area contributed by atoms with Gasteiger partial charge >= 0.3 is 34.1 Å². The monoisotopic (exact) mass is 254 g/mol. The molecule has 6 nitrogen and oxygen atoms in total. The van der Waals surface area contributed by atoms with Crippen molar-refractivity contribution in [2.75, 3.05) is 0 Å². The Morgan fingerprint density at radius 1 is 0.889 bits per heavy atom. The molecule has 2 radical (unpaired) electrons. The Hall–Kier alpha value is 0.829. The maximum atomic E-state index is 8.52. The van der Waals surface area contributed by atoms with Gasteiger partial charge in [-0.15, -0.1) is 0 Å². The minimum absolute atomic E-state index is 0. The standard InChI is InChI=1S/2Cu.2H2N.H2O4S/c;;;;1-5(2,3)4/h;;2*1H2;(H2,1,2,3,4)/q2*+2;2*-1;/p-2.